The van der Waals surface area contributed by atoms with Gasteiger partial charge in [0.1, 0.15) is 0 Å². The molecule has 1 aromatic heterocycles. The van der Waals surface area contributed by atoms with Crippen molar-refractivity contribution in [2.24, 2.45) is 0 Å². The maximum atomic E-state index is 5.73. The Labute approximate surface area is 83.1 Å². The third kappa shape index (κ3) is 3.65. The molecule has 0 amide bonds. The van der Waals surface area contributed by atoms with Crippen LogP contribution in [-0.4, -0.2) is 23.8 Å². The second-order valence-corrected chi connectivity index (χ2v) is 3.75. The molecule has 0 radical (unpaired) electrons. The number of aromatic nitrogens is 1. The summed E-state index contributed by atoms with van der Waals surface area (Å²) in [6, 6.07) is 1.95. The quantitative estimate of drug-likeness (QED) is 0.553. The molecule has 0 fully saturated rings. The highest BCUT2D eigenvalue weighted by Gasteiger charge is 1.97. The Morgan fingerprint density at radius 2 is 2.46 bits per heavy atom. The highest BCUT2D eigenvalue weighted by molar-refractivity contribution is 7.99. The molecule has 0 saturated carbocycles. The van der Waals surface area contributed by atoms with Crippen LogP contribution in [0.3, 0.4) is 0 Å². The van der Waals surface area contributed by atoms with Gasteiger partial charge in [-0.1, -0.05) is 6.92 Å². The van der Waals surface area contributed by atoms with Crippen LogP contribution >= 0.6 is 11.8 Å². The van der Waals surface area contributed by atoms with E-state index >= 15 is 0 Å². The lowest BCUT2D eigenvalue weighted by atomic mass is 10.4. The summed E-state index contributed by atoms with van der Waals surface area (Å²) >= 11 is 1.76. The zero-order valence-corrected chi connectivity index (χ0v) is 8.60. The molecule has 3 N–H and O–H groups in total. The molecule has 0 aliphatic rings. The Bertz CT molecular complexity index is 252. The Hall–Kier alpha value is -0.740. The van der Waals surface area contributed by atoms with Gasteiger partial charge in [0, 0.05) is 23.4 Å². The van der Waals surface area contributed by atoms with Gasteiger partial charge in [0.05, 0.1) is 11.9 Å². The van der Waals surface area contributed by atoms with Crippen molar-refractivity contribution in [3.8, 4) is 0 Å². The van der Waals surface area contributed by atoms with Gasteiger partial charge in [-0.05, 0) is 12.6 Å². The first kappa shape index (κ1) is 10.3. The van der Waals surface area contributed by atoms with Crippen molar-refractivity contribution < 1.29 is 0 Å². The molecular weight excluding hydrogens is 182 g/mol. The Morgan fingerprint density at radius 1 is 1.62 bits per heavy atom. The van der Waals surface area contributed by atoms with Gasteiger partial charge < -0.3 is 11.1 Å². The van der Waals surface area contributed by atoms with Crippen molar-refractivity contribution in [2.45, 2.75) is 11.8 Å². The molecule has 0 bridgehead atoms. The molecule has 13 heavy (non-hydrogen) atoms. The van der Waals surface area contributed by atoms with Gasteiger partial charge in [0.15, 0.2) is 0 Å². The van der Waals surface area contributed by atoms with Gasteiger partial charge in [0.2, 0.25) is 0 Å². The van der Waals surface area contributed by atoms with Gasteiger partial charge in [-0.25, -0.2) is 0 Å². The Kier molecular flexibility index (Phi) is 4.64. The van der Waals surface area contributed by atoms with Crippen molar-refractivity contribution in [1.29, 1.82) is 0 Å². The second-order valence-electron chi connectivity index (χ2n) is 2.62. The van der Waals surface area contributed by atoms with Gasteiger partial charge >= 0.3 is 0 Å². The number of hydrogen-bond donors (Lipinski definition) is 2. The summed E-state index contributed by atoms with van der Waals surface area (Å²) in [4.78, 5) is 5.05. The molecule has 1 aromatic rings. The average Bonchev–Trinajstić information content (AvgIpc) is 2.15. The number of rotatable bonds is 5. The summed E-state index contributed by atoms with van der Waals surface area (Å²) in [6.45, 7) is 4.14. The molecule has 1 rings (SSSR count). The fraction of sp³-hybridized carbons (Fsp3) is 0.444. The molecule has 0 saturated heterocycles. The van der Waals surface area contributed by atoms with Crippen LogP contribution in [0.4, 0.5) is 5.69 Å². The first-order chi connectivity index (χ1) is 6.34. The van der Waals surface area contributed by atoms with E-state index in [0.29, 0.717) is 0 Å². The molecular formula is C9H15N3S. The van der Waals surface area contributed by atoms with E-state index in [9.17, 15) is 0 Å². The number of nitrogens with one attached hydrogen (secondary N) is 1. The maximum Gasteiger partial charge on any atom is 0.0638 e. The van der Waals surface area contributed by atoms with Crippen molar-refractivity contribution in [3.05, 3.63) is 18.5 Å². The highest BCUT2D eigenvalue weighted by atomic mass is 32.2. The minimum atomic E-state index is 0.768. The van der Waals surface area contributed by atoms with E-state index in [0.717, 1.165) is 29.4 Å². The normalized spacial score (nSPS) is 10.2. The zero-order chi connectivity index (χ0) is 9.52. The topological polar surface area (TPSA) is 50.9 Å². The largest absolute Gasteiger partial charge is 0.397 e. The number of nitrogen functional groups attached to an aromatic ring is 1. The fourth-order valence-electron chi connectivity index (χ4n) is 0.935. The second kappa shape index (κ2) is 5.83. The van der Waals surface area contributed by atoms with Crippen LogP contribution < -0.4 is 11.1 Å². The van der Waals surface area contributed by atoms with Crippen molar-refractivity contribution in [1.82, 2.24) is 10.3 Å². The van der Waals surface area contributed by atoms with Gasteiger partial charge in [-0.2, -0.15) is 0 Å². The predicted molar refractivity (Wildman–Crippen MR) is 57.9 cm³/mol. The molecule has 0 atom stereocenters. The third-order valence-corrected chi connectivity index (χ3v) is 2.69. The summed E-state index contributed by atoms with van der Waals surface area (Å²) in [6.07, 6.45) is 3.46. The van der Waals surface area contributed by atoms with E-state index in [4.69, 9.17) is 5.73 Å². The highest BCUT2D eigenvalue weighted by Crippen LogP contribution is 2.22. The lowest BCUT2D eigenvalue weighted by Gasteiger charge is -2.04. The van der Waals surface area contributed by atoms with Crippen LogP contribution in [0.25, 0.3) is 0 Å². The number of nitrogens with two attached hydrogens (primary N) is 1. The SMILES string of the molecule is CCNCCSc1ccncc1N. The maximum absolute atomic E-state index is 5.73. The Morgan fingerprint density at radius 3 is 3.15 bits per heavy atom. The lowest BCUT2D eigenvalue weighted by molar-refractivity contribution is 0.768. The van der Waals surface area contributed by atoms with Crippen molar-refractivity contribution in [2.75, 3.05) is 24.6 Å². The van der Waals surface area contributed by atoms with Crippen LogP contribution in [0.1, 0.15) is 6.92 Å². The van der Waals surface area contributed by atoms with Gasteiger partial charge in [0.25, 0.3) is 0 Å². The molecule has 0 unspecified atom stereocenters. The first-order valence-corrected chi connectivity index (χ1v) is 5.36. The van der Waals surface area contributed by atoms with Gasteiger partial charge in [-0.15, -0.1) is 11.8 Å². The molecule has 0 aliphatic heterocycles. The van der Waals surface area contributed by atoms with Crippen LogP contribution in [0, 0.1) is 0 Å². The standard InChI is InChI=1S/C9H15N3S/c1-2-11-5-6-13-9-3-4-12-7-8(9)10/h3-4,7,11H,2,5-6,10H2,1H3. The summed E-state index contributed by atoms with van der Waals surface area (Å²) in [5, 5.41) is 3.26. The molecule has 4 heteroatoms. The van der Waals surface area contributed by atoms with E-state index in [1.807, 2.05) is 6.07 Å². The molecule has 0 spiro atoms. The van der Waals surface area contributed by atoms with E-state index in [1.54, 1.807) is 24.2 Å². The smallest absolute Gasteiger partial charge is 0.0638 e. The van der Waals surface area contributed by atoms with Crippen molar-refractivity contribution in [3.63, 3.8) is 0 Å². The van der Waals surface area contributed by atoms with Crippen molar-refractivity contribution >= 4 is 17.4 Å². The molecule has 3 nitrogen and oxygen atoms in total. The third-order valence-electron chi connectivity index (χ3n) is 1.60. The number of pyridine rings is 1. The van der Waals surface area contributed by atoms with E-state index in [-0.39, 0.29) is 0 Å². The van der Waals surface area contributed by atoms with E-state index < -0.39 is 0 Å². The van der Waals surface area contributed by atoms with Gasteiger partial charge in [-0.3, -0.25) is 4.98 Å². The first-order valence-electron chi connectivity index (χ1n) is 4.37. The fourth-order valence-corrected chi connectivity index (χ4v) is 1.78. The molecule has 0 aliphatic carbocycles. The lowest BCUT2D eigenvalue weighted by Crippen LogP contribution is -2.15. The van der Waals surface area contributed by atoms with Crippen LogP contribution in [0.2, 0.25) is 0 Å². The summed E-state index contributed by atoms with van der Waals surface area (Å²) in [7, 11) is 0. The zero-order valence-electron chi connectivity index (χ0n) is 7.79. The monoisotopic (exact) mass is 197 g/mol. The molecule has 72 valence electrons. The average molecular weight is 197 g/mol. The number of anilines is 1. The number of thioether (sulfide) groups is 1. The minimum Gasteiger partial charge on any atom is -0.397 e. The summed E-state index contributed by atoms with van der Waals surface area (Å²) < 4.78 is 0. The minimum absolute atomic E-state index is 0.768. The summed E-state index contributed by atoms with van der Waals surface area (Å²) in [5.41, 5.74) is 6.50. The molecule has 0 aromatic carbocycles. The van der Waals surface area contributed by atoms with Crippen LogP contribution in [0.15, 0.2) is 23.4 Å². The summed E-state index contributed by atoms with van der Waals surface area (Å²) in [5.74, 6) is 1.04. The van der Waals surface area contributed by atoms with E-state index in [1.165, 1.54) is 0 Å². The van der Waals surface area contributed by atoms with Crippen LogP contribution in [-0.2, 0) is 0 Å². The number of hydrogen-bond acceptors (Lipinski definition) is 4. The van der Waals surface area contributed by atoms with Crippen LogP contribution in [0.5, 0.6) is 0 Å². The number of nitrogens with zero attached hydrogens (tertiary/aromatic N) is 1. The Balaban J connectivity index is 2.32. The molecule has 1 heterocycles. The van der Waals surface area contributed by atoms with E-state index in [2.05, 4.69) is 17.2 Å². The predicted octanol–water partition coefficient (Wildman–Crippen LogP) is 1.37.